The molecule has 1 aromatic rings. The fourth-order valence-electron chi connectivity index (χ4n) is 3.43. The Balaban J connectivity index is 1.71. The van der Waals surface area contributed by atoms with E-state index in [-0.39, 0.29) is 0 Å². The van der Waals surface area contributed by atoms with Crippen molar-refractivity contribution in [1.82, 2.24) is 0 Å². The van der Waals surface area contributed by atoms with Crippen LogP contribution < -0.4 is 0 Å². The summed E-state index contributed by atoms with van der Waals surface area (Å²) in [7, 11) is 0. The Morgan fingerprint density at radius 1 is 1.25 bits per heavy atom. The number of carbonyl (C=O) groups is 1. The van der Waals surface area contributed by atoms with Crippen molar-refractivity contribution < 1.29 is 4.79 Å². The fraction of sp³-hybridized carbons (Fsp3) is 0.421. The number of hydrogen-bond donors (Lipinski definition) is 0. The Hall–Kier alpha value is -1.63. The predicted molar refractivity (Wildman–Crippen MR) is 82.7 cm³/mol. The first-order valence-electron chi connectivity index (χ1n) is 7.80. The molecule has 2 atom stereocenters. The molecule has 0 saturated heterocycles. The molecule has 0 heterocycles. The Labute approximate surface area is 121 Å². The topological polar surface area (TPSA) is 17.1 Å². The second kappa shape index (κ2) is 5.78. The summed E-state index contributed by atoms with van der Waals surface area (Å²) in [4.78, 5) is 12.2. The second-order valence-corrected chi connectivity index (χ2v) is 5.95. The highest BCUT2D eigenvalue weighted by Gasteiger charge is 2.31. The minimum absolute atomic E-state index is 0.323. The van der Waals surface area contributed by atoms with E-state index in [1.807, 2.05) is 0 Å². The third-order valence-electron chi connectivity index (χ3n) is 4.54. The summed E-state index contributed by atoms with van der Waals surface area (Å²) in [6.07, 6.45) is 11.6. The van der Waals surface area contributed by atoms with Crippen molar-refractivity contribution in [3.8, 4) is 0 Å². The highest BCUT2D eigenvalue weighted by atomic mass is 16.1. The molecular weight excluding hydrogens is 244 g/mol. The van der Waals surface area contributed by atoms with Gasteiger partial charge in [-0.15, -0.1) is 0 Å². The zero-order valence-electron chi connectivity index (χ0n) is 12.1. The molecule has 0 aromatic heterocycles. The van der Waals surface area contributed by atoms with Gasteiger partial charge in [0.2, 0.25) is 0 Å². The number of carbonyl (C=O) groups excluding carboxylic acids is 1. The maximum atomic E-state index is 12.2. The number of benzene rings is 1. The maximum Gasteiger partial charge on any atom is 0.162 e. The molecule has 1 aromatic carbocycles. The first-order valence-corrected chi connectivity index (χ1v) is 7.80. The molecule has 0 fully saturated rings. The van der Waals surface area contributed by atoms with Gasteiger partial charge in [0.25, 0.3) is 0 Å². The number of fused-ring (bicyclic) bond motifs is 3. The van der Waals surface area contributed by atoms with Crippen LogP contribution in [0.3, 0.4) is 0 Å². The van der Waals surface area contributed by atoms with Crippen LogP contribution in [0.1, 0.15) is 49.7 Å². The maximum absolute atomic E-state index is 12.2. The van der Waals surface area contributed by atoms with Gasteiger partial charge in [-0.2, -0.15) is 0 Å². The highest BCUT2D eigenvalue weighted by Crippen LogP contribution is 2.42. The van der Waals surface area contributed by atoms with Crippen molar-refractivity contribution in [2.75, 3.05) is 0 Å². The third kappa shape index (κ3) is 2.49. The lowest BCUT2D eigenvalue weighted by Crippen LogP contribution is -2.11. The van der Waals surface area contributed by atoms with Gasteiger partial charge in [0.1, 0.15) is 0 Å². The van der Waals surface area contributed by atoms with Crippen LogP contribution >= 0.6 is 0 Å². The van der Waals surface area contributed by atoms with Gasteiger partial charge in [-0.1, -0.05) is 62.3 Å². The third-order valence-corrected chi connectivity index (χ3v) is 4.54. The number of allylic oxidation sites excluding steroid dienone is 4. The molecular formula is C19H22O. The van der Waals surface area contributed by atoms with Crippen molar-refractivity contribution >= 4 is 5.78 Å². The molecule has 20 heavy (non-hydrogen) atoms. The lowest BCUT2D eigenvalue weighted by molar-refractivity contribution is -0.115. The van der Waals surface area contributed by atoms with Crippen molar-refractivity contribution in [2.45, 2.75) is 44.9 Å². The lowest BCUT2D eigenvalue weighted by atomic mass is 9.84. The summed E-state index contributed by atoms with van der Waals surface area (Å²) < 4.78 is 0. The Kier molecular flexibility index (Phi) is 3.86. The van der Waals surface area contributed by atoms with E-state index in [0.29, 0.717) is 24.0 Å². The van der Waals surface area contributed by atoms with Gasteiger partial charge in [-0.25, -0.2) is 0 Å². The fourth-order valence-corrected chi connectivity index (χ4v) is 3.43. The SMILES string of the molecule is CCCCCC(=O)C1=C[C@@H]2Cc3ccccc3[C@@H]2C=C1. The molecule has 0 saturated carbocycles. The first kappa shape index (κ1) is 13.4. The first-order chi connectivity index (χ1) is 9.79. The Bertz CT molecular complexity index is 565. The number of Topliss-reactive ketones (excluding diaryl/α,β-unsaturated/α-hetero) is 1. The normalized spacial score (nSPS) is 23.1. The van der Waals surface area contributed by atoms with Gasteiger partial charge >= 0.3 is 0 Å². The van der Waals surface area contributed by atoms with Gasteiger partial charge in [-0.3, -0.25) is 4.79 Å². The standard InChI is InChI=1S/C19H22O/c1-2-3-4-9-19(20)15-10-11-18-16(13-15)12-14-7-5-6-8-17(14)18/h5-8,10-11,13,16,18H,2-4,9,12H2,1H3/t16-,18+/m0/s1. The van der Waals surface area contributed by atoms with E-state index in [1.54, 1.807) is 0 Å². The smallest absolute Gasteiger partial charge is 0.162 e. The van der Waals surface area contributed by atoms with Gasteiger partial charge < -0.3 is 0 Å². The van der Waals surface area contributed by atoms with Crippen LogP contribution in [-0.4, -0.2) is 5.78 Å². The molecule has 104 valence electrons. The van der Waals surface area contributed by atoms with E-state index in [1.165, 1.54) is 17.5 Å². The molecule has 1 heteroatoms. The Morgan fingerprint density at radius 2 is 2.10 bits per heavy atom. The largest absolute Gasteiger partial charge is 0.294 e. The zero-order chi connectivity index (χ0) is 13.9. The molecule has 0 bridgehead atoms. The van der Waals surface area contributed by atoms with Gasteiger partial charge in [0.05, 0.1) is 0 Å². The van der Waals surface area contributed by atoms with Crippen LogP contribution in [0, 0.1) is 5.92 Å². The van der Waals surface area contributed by atoms with Crippen LogP contribution in [0.5, 0.6) is 0 Å². The number of ketones is 1. The molecule has 2 aliphatic carbocycles. The van der Waals surface area contributed by atoms with Gasteiger partial charge in [-0.05, 0) is 29.9 Å². The van der Waals surface area contributed by atoms with Crippen LogP contribution in [0.25, 0.3) is 0 Å². The monoisotopic (exact) mass is 266 g/mol. The van der Waals surface area contributed by atoms with E-state index >= 15 is 0 Å². The van der Waals surface area contributed by atoms with Crippen LogP contribution in [0.15, 0.2) is 48.1 Å². The van der Waals surface area contributed by atoms with Gasteiger partial charge in [0, 0.05) is 17.9 Å². The number of rotatable bonds is 5. The van der Waals surface area contributed by atoms with Crippen LogP contribution in [0.4, 0.5) is 0 Å². The van der Waals surface area contributed by atoms with Crippen LogP contribution in [0.2, 0.25) is 0 Å². The molecule has 0 radical (unpaired) electrons. The second-order valence-electron chi connectivity index (χ2n) is 5.95. The van der Waals surface area contributed by atoms with Crippen LogP contribution in [-0.2, 0) is 11.2 Å². The molecule has 0 amide bonds. The van der Waals surface area contributed by atoms with E-state index in [9.17, 15) is 4.79 Å². The van der Waals surface area contributed by atoms with Gasteiger partial charge in [0.15, 0.2) is 5.78 Å². The van der Waals surface area contributed by atoms with Crippen molar-refractivity contribution in [1.29, 1.82) is 0 Å². The highest BCUT2D eigenvalue weighted by molar-refractivity contribution is 5.98. The van der Waals surface area contributed by atoms with Crippen molar-refractivity contribution in [3.05, 3.63) is 59.2 Å². The minimum atomic E-state index is 0.323. The summed E-state index contributed by atoms with van der Waals surface area (Å²) in [6.45, 7) is 2.17. The average Bonchev–Trinajstić information content (AvgIpc) is 2.85. The number of unbranched alkanes of at least 4 members (excludes halogenated alkanes) is 2. The van der Waals surface area contributed by atoms with E-state index < -0.39 is 0 Å². The lowest BCUT2D eigenvalue weighted by Gasteiger charge is -2.19. The molecule has 0 spiro atoms. The molecule has 3 rings (SSSR count). The average molecular weight is 266 g/mol. The zero-order valence-corrected chi connectivity index (χ0v) is 12.1. The van der Waals surface area contributed by atoms with E-state index in [0.717, 1.165) is 24.8 Å². The quantitative estimate of drug-likeness (QED) is 0.712. The summed E-state index contributed by atoms with van der Waals surface area (Å²) in [6, 6.07) is 8.68. The summed E-state index contributed by atoms with van der Waals surface area (Å²) >= 11 is 0. The molecule has 0 unspecified atom stereocenters. The van der Waals surface area contributed by atoms with E-state index in [4.69, 9.17) is 0 Å². The van der Waals surface area contributed by atoms with E-state index in [2.05, 4.69) is 49.4 Å². The molecule has 0 aliphatic heterocycles. The van der Waals surface area contributed by atoms with Crippen molar-refractivity contribution in [2.24, 2.45) is 5.92 Å². The molecule has 1 nitrogen and oxygen atoms in total. The van der Waals surface area contributed by atoms with Crippen molar-refractivity contribution in [3.63, 3.8) is 0 Å². The summed E-state index contributed by atoms with van der Waals surface area (Å²) in [5.41, 5.74) is 3.83. The molecule has 0 N–H and O–H groups in total. The summed E-state index contributed by atoms with van der Waals surface area (Å²) in [5, 5.41) is 0. The molecule has 2 aliphatic rings. The number of hydrogen-bond acceptors (Lipinski definition) is 1. The Morgan fingerprint density at radius 3 is 2.95 bits per heavy atom. The minimum Gasteiger partial charge on any atom is -0.294 e. The predicted octanol–water partition coefficient (Wildman–Crippen LogP) is 4.59. The summed E-state index contributed by atoms with van der Waals surface area (Å²) in [5.74, 6) is 1.30.